The Hall–Kier alpha value is -1.06. The monoisotopic (exact) mass is 361 g/mol. The molecule has 1 aliphatic heterocycles. The highest BCUT2D eigenvalue weighted by Crippen LogP contribution is 2.28. The normalized spacial score (nSPS) is 20.2. The van der Waals surface area contributed by atoms with Gasteiger partial charge in [0.05, 0.1) is 24.1 Å². The highest BCUT2D eigenvalue weighted by Gasteiger charge is 2.23. The van der Waals surface area contributed by atoms with Gasteiger partial charge in [-0.3, -0.25) is 0 Å². The molecule has 1 saturated heterocycles. The quantitative estimate of drug-likeness (QED) is 0.252. The number of aliphatic imine (C=N–C) groups is 1. The first-order valence-electron chi connectivity index (χ1n) is 9.74. The van der Waals surface area contributed by atoms with E-state index in [-0.39, 0.29) is 6.29 Å². The van der Waals surface area contributed by atoms with E-state index in [0.717, 1.165) is 24.5 Å². The second-order valence-electron chi connectivity index (χ2n) is 6.92. The van der Waals surface area contributed by atoms with Gasteiger partial charge < -0.3 is 9.47 Å². The maximum Gasteiger partial charge on any atom is 0.183 e. The topological polar surface area (TPSA) is 30.8 Å². The van der Waals surface area contributed by atoms with Crippen molar-refractivity contribution in [3.63, 3.8) is 0 Å². The Morgan fingerprint density at radius 3 is 2.16 bits per heavy atom. The van der Waals surface area contributed by atoms with Crippen LogP contribution in [-0.2, 0) is 9.47 Å². The van der Waals surface area contributed by atoms with Crippen molar-refractivity contribution in [3.05, 3.63) is 29.8 Å². The van der Waals surface area contributed by atoms with Gasteiger partial charge in [0.1, 0.15) is 0 Å². The molecule has 0 saturated carbocycles. The van der Waals surface area contributed by atoms with Gasteiger partial charge in [-0.1, -0.05) is 70.4 Å². The van der Waals surface area contributed by atoms with Crippen LogP contribution < -0.4 is 0 Å². The molecule has 25 heavy (non-hydrogen) atoms. The Morgan fingerprint density at radius 2 is 1.56 bits per heavy atom. The third-order valence-corrected chi connectivity index (χ3v) is 4.86. The van der Waals surface area contributed by atoms with Gasteiger partial charge in [-0.25, -0.2) is 0 Å². The fourth-order valence-electron chi connectivity index (χ4n) is 3.23. The molecular weight excluding hydrogens is 330 g/mol. The molecule has 1 aromatic rings. The first kappa shape index (κ1) is 20.3. The van der Waals surface area contributed by atoms with Crippen molar-refractivity contribution >= 4 is 23.1 Å². The Balaban J connectivity index is 1.57. The van der Waals surface area contributed by atoms with Crippen LogP contribution in [0.25, 0.3) is 0 Å². The van der Waals surface area contributed by atoms with Gasteiger partial charge in [0.15, 0.2) is 6.29 Å². The van der Waals surface area contributed by atoms with Crippen LogP contribution >= 0.6 is 12.2 Å². The van der Waals surface area contributed by atoms with Gasteiger partial charge in [-0.05, 0) is 30.8 Å². The second kappa shape index (κ2) is 12.3. The van der Waals surface area contributed by atoms with E-state index in [1.54, 1.807) is 0 Å². The van der Waals surface area contributed by atoms with Crippen molar-refractivity contribution in [1.82, 2.24) is 0 Å². The van der Waals surface area contributed by atoms with Crippen LogP contribution in [0.3, 0.4) is 0 Å². The third-order valence-electron chi connectivity index (χ3n) is 4.77. The molecule has 0 atom stereocenters. The van der Waals surface area contributed by atoms with E-state index < -0.39 is 0 Å². The van der Waals surface area contributed by atoms with Crippen molar-refractivity contribution in [2.45, 2.75) is 71.0 Å². The zero-order valence-corrected chi connectivity index (χ0v) is 16.2. The Morgan fingerprint density at radius 1 is 0.960 bits per heavy atom. The van der Waals surface area contributed by atoms with Crippen molar-refractivity contribution in [2.24, 2.45) is 10.9 Å². The van der Waals surface area contributed by atoms with Gasteiger partial charge in [0.25, 0.3) is 0 Å². The van der Waals surface area contributed by atoms with Gasteiger partial charge in [-0.2, -0.15) is 4.99 Å². The van der Waals surface area contributed by atoms with E-state index in [2.05, 4.69) is 29.3 Å². The van der Waals surface area contributed by atoms with Crippen molar-refractivity contribution in [2.75, 3.05) is 13.2 Å². The van der Waals surface area contributed by atoms with Gasteiger partial charge in [-0.15, -0.1) is 0 Å². The van der Waals surface area contributed by atoms with Crippen molar-refractivity contribution in [1.29, 1.82) is 0 Å². The molecular formula is C21H31NO2S. The first-order chi connectivity index (χ1) is 12.3. The summed E-state index contributed by atoms with van der Waals surface area (Å²) in [6.07, 6.45) is 11.9. The van der Waals surface area contributed by atoms with Crippen LogP contribution in [0, 0.1) is 5.92 Å². The van der Waals surface area contributed by atoms with E-state index in [1.165, 1.54) is 57.8 Å². The summed E-state index contributed by atoms with van der Waals surface area (Å²) in [6, 6.07) is 7.78. The average molecular weight is 362 g/mol. The largest absolute Gasteiger partial charge is 0.348 e. The lowest BCUT2D eigenvalue weighted by atomic mass is 10.0. The molecule has 0 bridgehead atoms. The van der Waals surface area contributed by atoms with E-state index in [4.69, 9.17) is 9.47 Å². The number of hydrogen-bond acceptors (Lipinski definition) is 4. The fourth-order valence-corrected chi connectivity index (χ4v) is 3.33. The molecule has 0 aromatic heterocycles. The SMILES string of the molecule is CCCCCCCCCCC1COC(c2ccc(N=C=S)cc2)OC1. The van der Waals surface area contributed by atoms with Crippen LogP contribution in [0.15, 0.2) is 29.3 Å². The van der Waals surface area contributed by atoms with Crippen molar-refractivity contribution in [3.8, 4) is 0 Å². The van der Waals surface area contributed by atoms with E-state index in [1.807, 2.05) is 24.3 Å². The number of isothiocyanates is 1. The fraction of sp³-hybridized carbons (Fsp3) is 0.667. The van der Waals surface area contributed by atoms with E-state index in [0.29, 0.717) is 5.92 Å². The van der Waals surface area contributed by atoms with Crippen LogP contribution in [0.5, 0.6) is 0 Å². The maximum absolute atomic E-state index is 5.91. The summed E-state index contributed by atoms with van der Waals surface area (Å²) in [5.41, 5.74) is 1.84. The Bertz CT molecular complexity index is 517. The number of benzene rings is 1. The number of nitrogens with zero attached hydrogens (tertiary/aromatic N) is 1. The molecule has 0 N–H and O–H groups in total. The number of ether oxygens (including phenoxy) is 2. The number of unbranched alkanes of at least 4 members (excludes halogenated alkanes) is 7. The molecule has 1 aromatic carbocycles. The minimum atomic E-state index is -0.250. The summed E-state index contributed by atoms with van der Waals surface area (Å²) in [7, 11) is 0. The summed E-state index contributed by atoms with van der Waals surface area (Å²) in [5.74, 6) is 0.537. The van der Waals surface area contributed by atoms with E-state index in [9.17, 15) is 0 Å². The van der Waals surface area contributed by atoms with E-state index >= 15 is 0 Å². The summed E-state index contributed by atoms with van der Waals surface area (Å²) in [4.78, 5) is 3.96. The predicted octanol–water partition coefficient (Wildman–Crippen LogP) is 6.61. The molecule has 3 nitrogen and oxygen atoms in total. The molecule has 0 spiro atoms. The summed E-state index contributed by atoms with van der Waals surface area (Å²) >= 11 is 4.61. The maximum atomic E-state index is 5.91. The molecule has 1 fully saturated rings. The minimum absolute atomic E-state index is 0.250. The highest BCUT2D eigenvalue weighted by molar-refractivity contribution is 7.78. The summed E-state index contributed by atoms with van der Waals surface area (Å²) in [6.45, 7) is 3.85. The molecule has 138 valence electrons. The van der Waals surface area contributed by atoms with Crippen LogP contribution in [-0.4, -0.2) is 18.4 Å². The molecule has 0 amide bonds. The lowest BCUT2D eigenvalue weighted by Gasteiger charge is -2.29. The predicted molar refractivity (Wildman–Crippen MR) is 106 cm³/mol. The number of rotatable bonds is 11. The lowest BCUT2D eigenvalue weighted by molar-refractivity contribution is -0.206. The summed E-state index contributed by atoms with van der Waals surface area (Å²) in [5, 5.41) is 2.38. The minimum Gasteiger partial charge on any atom is -0.348 e. The Labute approximate surface area is 157 Å². The zero-order valence-electron chi connectivity index (χ0n) is 15.4. The number of thiocarbonyl (C=S) groups is 1. The highest BCUT2D eigenvalue weighted by atomic mass is 32.1. The van der Waals surface area contributed by atoms with Gasteiger partial charge in [0, 0.05) is 11.5 Å². The Kier molecular flexibility index (Phi) is 9.98. The third kappa shape index (κ3) is 7.79. The molecule has 0 unspecified atom stereocenters. The molecule has 1 aliphatic rings. The molecule has 0 radical (unpaired) electrons. The lowest BCUT2D eigenvalue weighted by Crippen LogP contribution is -2.27. The second-order valence-corrected chi connectivity index (χ2v) is 7.11. The van der Waals surface area contributed by atoms with Crippen LogP contribution in [0.2, 0.25) is 0 Å². The first-order valence-corrected chi connectivity index (χ1v) is 10.2. The standard InChI is InChI=1S/C21H31NO2S/c1-2-3-4-5-6-7-8-9-10-18-15-23-21(24-16-18)19-11-13-20(14-12-19)22-17-25/h11-14,18,21H,2-10,15-16H2,1H3. The van der Waals surface area contributed by atoms with Crippen molar-refractivity contribution < 1.29 is 9.47 Å². The molecule has 1 heterocycles. The average Bonchev–Trinajstić information content (AvgIpc) is 2.65. The van der Waals surface area contributed by atoms with Crippen LogP contribution in [0.1, 0.15) is 76.6 Å². The molecule has 0 aliphatic carbocycles. The smallest absolute Gasteiger partial charge is 0.183 e. The van der Waals surface area contributed by atoms with Gasteiger partial charge >= 0.3 is 0 Å². The molecule has 4 heteroatoms. The summed E-state index contributed by atoms with van der Waals surface area (Å²) < 4.78 is 11.8. The zero-order chi connectivity index (χ0) is 17.7. The molecule has 2 rings (SSSR count). The van der Waals surface area contributed by atoms with Gasteiger partial charge in [0.2, 0.25) is 0 Å². The number of hydrogen-bond donors (Lipinski definition) is 0. The van der Waals surface area contributed by atoms with Crippen LogP contribution in [0.4, 0.5) is 5.69 Å².